The van der Waals surface area contributed by atoms with Gasteiger partial charge in [-0.2, -0.15) is 0 Å². The second-order valence-electron chi connectivity index (χ2n) is 5.88. The molecular weight excluding hydrogens is 250 g/mol. The second kappa shape index (κ2) is 7.60. The summed E-state index contributed by atoms with van der Waals surface area (Å²) < 4.78 is 5.02. The van der Waals surface area contributed by atoms with Gasteiger partial charge in [0.1, 0.15) is 5.82 Å². The molecular formula is C16H29N3O. The van der Waals surface area contributed by atoms with Gasteiger partial charge >= 0.3 is 0 Å². The van der Waals surface area contributed by atoms with Gasteiger partial charge in [0.15, 0.2) is 0 Å². The van der Waals surface area contributed by atoms with Crippen LogP contribution in [0.4, 0.5) is 5.82 Å². The van der Waals surface area contributed by atoms with Crippen LogP contribution in [-0.2, 0) is 11.3 Å². The molecule has 0 aliphatic carbocycles. The lowest BCUT2D eigenvalue weighted by Gasteiger charge is -2.36. The molecule has 1 aromatic rings. The number of nitrogens with one attached hydrogen (secondary N) is 1. The minimum absolute atomic E-state index is 0.121. The fraction of sp³-hybridized carbons (Fsp3) is 0.688. The smallest absolute Gasteiger partial charge is 0.131 e. The number of aryl methyl sites for hydroxylation is 1. The maximum Gasteiger partial charge on any atom is 0.131 e. The highest BCUT2D eigenvalue weighted by atomic mass is 16.5. The molecule has 1 heterocycles. The number of hydrogen-bond acceptors (Lipinski definition) is 4. The van der Waals surface area contributed by atoms with Gasteiger partial charge < -0.3 is 15.0 Å². The van der Waals surface area contributed by atoms with Gasteiger partial charge in [0, 0.05) is 39.0 Å². The zero-order chi connectivity index (χ0) is 15.2. The number of aromatic nitrogens is 1. The normalized spacial score (nSPS) is 11.7. The van der Waals surface area contributed by atoms with Gasteiger partial charge in [-0.15, -0.1) is 0 Å². The highest BCUT2D eigenvalue weighted by Crippen LogP contribution is 2.26. The maximum absolute atomic E-state index is 5.02. The molecule has 1 aromatic heterocycles. The van der Waals surface area contributed by atoms with Crippen LogP contribution in [0.2, 0.25) is 0 Å². The summed E-state index contributed by atoms with van der Waals surface area (Å²) in [5, 5.41) is 3.34. The molecule has 4 nitrogen and oxygen atoms in total. The SMILES string of the molecule is CCC(C)(C)N(C)c1ncc(CNCCOC)cc1C. The average molecular weight is 279 g/mol. The van der Waals surface area contributed by atoms with Crippen molar-refractivity contribution in [2.75, 3.05) is 32.2 Å². The van der Waals surface area contributed by atoms with Crippen molar-refractivity contribution in [2.45, 2.75) is 46.2 Å². The van der Waals surface area contributed by atoms with E-state index in [-0.39, 0.29) is 5.54 Å². The van der Waals surface area contributed by atoms with Gasteiger partial charge in [0.2, 0.25) is 0 Å². The molecule has 1 rings (SSSR count). The fourth-order valence-electron chi connectivity index (χ4n) is 2.00. The number of anilines is 1. The van der Waals surface area contributed by atoms with E-state index >= 15 is 0 Å². The predicted molar refractivity (Wildman–Crippen MR) is 85.3 cm³/mol. The van der Waals surface area contributed by atoms with E-state index in [0.29, 0.717) is 0 Å². The highest BCUT2D eigenvalue weighted by molar-refractivity contribution is 5.48. The molecule has 0 saturated heterocycles. The van der Waals surface area contributed by atoms with Gasteiger partial charge in [-0.3, -0.25) is 0 Å². The molecule has 0 radical (unpaired) electrons. The van der Waals surface area contributed by atoms with Crippen molar-refractivity contribution in [2.24, 2.45) is 0 Å². The molecule has 114 valence electrons. The summed E-state index contributed by atoms with van der Waals surface area (Å²) >= 11 is 0. The molecule has 4 heteroatoms. The fourth-order valence-corrected chi connectivity index (χ4v) is 2.00. The van der Waals surface area contributed by atoms with Crippen LogP contribution in [0.1, 0.15) is 38.3 Å². The first-order chi connectivity index (χ1) is 9.42. The Balaban J connectivity index is 2.73. The summed E-state index contributed by atoms with van der Waals surface area (Å²) in [5.74, 6) is 1.07. The lowest BCUT2D eigenvalue weighted by atomic mass is 9.99. The number of ether oxygens (including phenoxy) is 1. The van der Waals surface area contributed by atoms with E-state index in [4.69, 9.17) is 4.74 Å². The van der Waals surface area contributed by atoms with Crippen LogP contribution in [0.15, 0.2) is 12.3 Å². The van der Waals surface area contributed by atoms with Gasteiger partial charge in [-0.05, 0) is 44.4 Å². The Hall–Kier alpha value is -1.13. The third-order valence-corrected chi connectivity index (χ3v) is 4.01. The minimum atomic E-state index is 0.121. The van der Waals surface area contributed by atoms with Crippen LogP contribution < -0.4 is 10.2 Å². The van der Waals surface area contributed by atoms with E-state index in [1.54, 1.807) is 7.11 Å². The molecule has 0 saturated carbocycles. The van der Waals surface area contributed by atoms with Crippen LogP contribution >= 0.6 is 0 Å². The Bertz CT molecular complexity index is 418. The van der Waals surface area contributed by atoms with Gasteiger partial charge in [0.25, 0.3) is 0 Å². The van der Waals surface area contributed by atoms with Crippen molar-refractivity contribution >= 4 is 5.82 Å². The van der Waals surface area contributed by atoms with Crippen molar-refractivity contribution < 1.29 is 4.74 Å². The van der Waals surface area contributed by atoms with Gasteiger partial charge in [-0.25, -0.2) is 4.98 Å². The largest absolute Gasteiger partial charge is 0.383 e. The van der Waals surface area contributed by atoms with E-state index < -0.39 is 0 Å². The van der Waals surface area contributed by atoms with E-state index in [0.717, 1.165) is 31.9 Å². The molecule has 0 aliphatic rings. The summed E-state index contributed by atoms with van der Waals surface area (Å²) in [7, 11) is 3.84. The topological polar surface area (TPSA) is 37.4 Å². The van der Waals surface area contributed by atoms with E-state index in [9.17, 15) is 0 Å². The number of pyridine rings is 1. The van der Waals surface area contributed by atoms with Gasteiger partial charge in [0.05, 0.1) is 6.61 Å². The zero-order valence-electron chi connectivity index (χ0n) is 13.8. The minimum Gasteiger partial charge on any atom is -0.383 e. The lowest BCUT2D eigenvalue weighted by molar-refractivity contribution is 0.199. The molecule has 0 atom stereocenters. The molecule has 0 spiro atoms. The van der Waals surface area contributed by atoms with Crippen molar-refractivity contribution in [1.82, 2.24) is 10.3 Å². The van der Waals surface area contributed by atoms with Crippen molar-refractivity contribution in [3.63, 3.8) is 0 Å². The summed E-state index contributed by atoms with van der Waals surface area (Å²) in [5.41, 5.74) is 2.56. The molecule has 0 unspecified atom stereocenters. The standard InChI is InChI=1S/C16H29N3O/c1-7-16(3,4)19(5)15-13(2)10-14(12-18-15)11-17-8-9-20-6/h10,12,17H,7-9,11H2,1-6H3. The monoisotopic (exact) mass is 279 g/mol. The first-order valence-electron chi connectivity index (χ1n) is 7.31. The summed E-state index contributed by atoms with van der Waals surface area (Å²) in [6.07, 6.45) is 3.05. The molecule has 0 amide bonds. The van der Waals surface area contributed by atoms with Gasteiger partial charge in [-0.1, -0.05) is 6.92 Å². The molecule has 0 bridgehead atoms. The molecule has 20 heavy (non-hydrogen) atoms. The Kier molecular flexibility index (Phi) is 6.43. The summed E-state index contributed by atoms with van der Waals surface area (Å²) in [4.78, 5) is 6.91. The quantitative estimate of drug-likeness (QED) is 0.743. The van der Waals surface area contributed by atoms with Crippen LogP contribution in [-0.4, -0.2) is 37.8 Å². The Morgan fingerprint density at radius 2 is 2.10 bits per heavy atom. The van der Waals surface area contributed by atoms with Crippen LogP contribution in [0.25, 0.3) is 0 Å². The number of methoxy groups -OCH3 is 1. The zero-order valence-corrected chi connectivity index (χ0v) is 13.8. The number of rotatable bonds is 8. The van der Waals surface area contributed by atoms with Crippen molar-refractivity contribution in [3.05, 3.63) is 23.4 Å². The molecule has 0 aliphatic heterocycles. The van der Waals surface area contributed by atoms with Crippen LogP contribution in [0, 0.1) is 6.92 Å². The van der Waals surface area contributed by atoms with Crippen LogP contribution in [0.3, 0.4) is 0 Å². The Morgan fingerprint density at radius 3 is 2.65 bits per heavy atom. The first-order valence-corrected chi connectivity index (χ1v) is 7.31. The third-order valence-electron chi connectivity index (χ3n) is 4.01. The molecule has 0 aromatic carbocycles. The second-order valence-corrected chi connectivity index (χ2v) is 5.88. The van der Waals surface area contributed by atoms with Crippen LogP contribution in [0.5, 0.6) is 0 Å². The van der Waals surface area contributed by atoms with Crippen molar-refractivity contribution in [1.29, 1.82) is 0 Å². The first kappa shape index (κ1) is 16.9. The van der Waals surface area contributed by atoms with E-state index in [1.165, 1.54) is 11.1 Å². The highest BCUT2D eigenvalue weighted by Gasteiger charge is 2.23. The third kappa shape index (κ3) is 4.46. The molecule has 1 N–H and O–H groups in total. The molecule has 0 fully saturated rings. The Morgan fingerprint density at radius 1 is 1.40 bits per heavy atom. The van der Waals surface area contributed by atoms with Crippen molar-refractivity contribution in [3.8, 4) is 0 Å². The van der Waals surface area contributed by atoms with E-state index in [2.05, 4.69) is 56.0 Å². The summed E-state index contributed by atoms with van der Waals surface area (Å²) in [6, 6.07) is 2.21. The number of nitrogens with zero attached hydrogens (tertiary/aromatic N) is 2. The maximum atomic E-state index is 5.02. The summed E-state index contributed by atoms with van der Waals surface area (Å²) in [6.45, 7) is 11.3. The lowest BCUT2D eigenvalue weighted by Crippen LogP contribution is -2.41. The predicted octanol–water partition coefficient (Wildman–Crippen LogP) is 2.75. The Labute approximate surface area is 123 Å². The number of hydrogen-bond donors (Lipinski definition) is 1. The average Bonchev–Trinajstić information content (AvgIpc) is 2.43. The van der Waals surface area contributed by atoms with E-state index in [1.807, 2.05) is 6.20 Å².